The first-order valence-corrected chi connectivity index (χ1v) is 12.1. The zero-order valence-electron chi connectivity index (χ0n) is 20.1. The number of benzene rings is 3. The molecule has 2 aliphatic rings. The van der Waals surface area contributed by atoms with Crippen LogP contribution in [-0.2, 0) is 27.3 Å². The molecule has 3 aromatic carbocycles. The van der Waals surface area contributed by atoms with Crippen molar-refractivity contribution in [3.63, 3.8) is 0 Å². The highest BCUT2D eigenvalue weighted by atomic mass is 16.5. The van der Waals surface area contributed by atoms with Crippen LogP contribution in [0.2, 0.25) is 0 Å². The fourth-order valence-corrected chi connectivity index (χ4v) is 4.82. The minimum atomic E-state index is -1.33. The number of rotatable bonds is 7. The number of ether oxygens (including phenoxy) is 2. The lowest BCUT2D eigenvalue weighted by Crippen LogP contribution is -2.51. The van der Waals surface area contributed by atoms with Crippen LogP contribution < -0.4 is 4.74 Å². The number of fused-ring (bicyclic) bond motifs is 3. The second-order valence-corrected chi connectivity index (χ2v) is 9.06. The molecule has 0 saturated carbocycles. The van der Waals surface area contributed by atoms with Crippen LogP contribution in [-0.4, -0.2) is 46.5 Å². The Bertz CT molecular complexity index is 1290. The summed E-state index contributed by atoms with van der Waals surface area (Å²) in [6, 6.07) is 24.7. The van der Waals surface area contributed by atoms with Gasteiger partial charge in [-0.25, -0.2) is 4.99 Å². The van der Waals surface area contributed by atoms with Gasteiger partial charge in [0, 0.05) is 37.5 Å². The Balaban J connectivity index is 1.60. The molecule has 0 radical (unpaired) electrons. The van der Waals surface area contributed by atoms with E-state index in [2.05, 4.69) is 0 Å². The molecule has 0 aromatic heterocycles. The van der Waals surface area contributed by atoms with Gasteiger partial charge >= 0.3 is 0 Å². The average molecular weight is 485 g/mol. The molecule has 1 N–H and O–H groups in total. The summed E-state index contributed by atoms with van der Waals surface area (Å²) in [5, 5.41) is 8.96. The average Bonchev–Trinajstić information content (AvgIpc) is 3.24. The number of hydrogen-bond acceptors (Lipinski definition) is 6. The van der Waals surface area contributed by atoms with Gasteiger partial charge < -0.3 is 14.6 Å². The van der Waals surface area contributed by atoms with Gasteiger partial charge in [0.05, 0.1) is 13.2 Å². The lowest BCUT2D eigenvalue weighted by molar-refractivity contribution is -0.149. The summed E-state index contributed by atoms with van der Waals surface area (Å²) < 4.78 is 12.1. The smallest absolute Gasteiger partial charge is 0.262 e. The van der Waals surface area contributed by atoms with E-state index in [9.17, 15) is 9.59 Å². The van der Waals surface area contributed by atoms with Crippen LogP contribution >= 0.6 is 0 Å². The van der Waals surface area contributed by atoms with Crippen LogP contribution in [0, 0.1) is 0 Å². The van der Waals surface area contributed by atoms with E-state index in [-0.39, 0.29) is 25.0 Å². The Hall–Kier alpha value is -3.97. The maximum absolute atomic E-state index is 14.1. The van der Waals surface area contributed by atoms with E-state index < -0.39 is 11.6 Å². The molecule has 36 heavy (non-hydrogen) atoms. The molecule has 0 spiro atoms. The molecule has 7 heteroatoms. The van der Waals surface area contributed by atoms with Crippen molar-refractivity contribution in [2.45, 2.75) is 38.0 Å². The van der Waals surface area contributed by atoms with Crippen molar-refractivity contribution in [2.75, 3.05) is 13.2 Å². The third kappa shape index (κ3) is 4.38. The zero-order valence-corrected chi connectivity index (χ0v) is 20.1. The molecular formula is C29H28N2O5. The summed E-state index contributed by atoms with van der Waals surface area (Å²) in [6.45, 7) is 2.08. The van der Waals surface area contributed by atoms with Gasteiger partial charge in [0.15, 0.2) is 11.6 Å². The summed E-state index contributed by atoms with van der Waals surface area (Å²) in [4.78, 5) is 33.0. The van der Waals surface area contributed by atoms with Gasteiger partial charge in [-0.3, -0.25) is 14.5 Å². The Morgan fingerprint density at radius 3 is 2.53 bits per heavy atom. The van der Waals surface area contributed by atoms with Crippen molar-refractivity contribution in [3.8, 4) is 5.75 Å². The van der Waals surface area contributed by atoms with E-state index in [0.717, 1.165) is 16.7 Å². The molecular weight excluding hydrogens is 456 g/mol. The van der Waals surface area contributed by atoms with Gasteiger partial charge in [0.25, 0.3) is 5.91 Å². The van der Waals surface area contributed by atoms with E-state index in [4.69, 9.17) is 19.6 Å². The number of carbonyl (C=O) groups excluding carboxylic acids is 2. The number of aliphatic hydroxyl groups excluding tert-OH is 1. The van der Waals surface area contributed by atoms with Crippen LogP contribution in [0.3, 0.4) is 0 Å². The first-order chi connectivity index (χ1) is 17.5. The molecule has 0 saturated heterocycles. The van der Waals surface area contributed by atoms with Crippen molar-refractivity contribution >= 4 is 17.7 Å². The molecule has 2 amide bonds. The molecule has 3 aromatic rings. The van der Waals surface area contributed by atoms with Gasteiger partial charge in [-0.05, 0) is 35.4 Å². The first kappa shape index (κ1) is 23.8. The highest BCUT2D eigenvalue weighted by molar-refractivity contribution is 6.05. The van der Waals surface area contributed by atoms with Crippen molar-refractivity contribution < 1.29 is 24.2 Å². The van der Waals surface area contributed by atoms with Crippen LogP contribution in [0.1, 0.15) is 41.7 Å². The van der Waals surface area contributed by atoms with Crippen LogP contribution in [0.4, 0.5) is 0 Å². The fourth-order valence-electron chi connectivity index (χ4n) is 4.82. The van der Waals surface area contributed by atoms with Gasteiger partial charge in [-0.2, -0.15) is 0 Å². The Labute approximate surface area is 210 Å². The largest absolute Gasteiger partial charge is 0.494 e. The molecule has 7 nitrogen and oxygen atoms in total. The number of aliphatic imine (C=N–C) groups is 1. The van der Waals surface area contributed by atoms with Crippen molar-refractivity contribution in [2.24, 2.45) is 4.99 Å². The minimum absolute atomic E-state index is 0.0698. The summed E-state index contributed by atoms with van der Waals surface area (Å²) >= 11 is 0. The van der Waals surface area contributed by atoms with Crippen molar-refractivity contribution in [1.82, 2.24) is 4.90 Å². The number of hydrogen-bond donors (Lipinski definition) is 1. The Morgan fingerprint density at radius 1 is 1.08 bits per heavy atom. The van der Waals surface area contributed by atoms with Crippen molar-refractivity contribution in [1.29, 1.82) is 0 Å². The lowest BCUT2D eigenvalue weighted by atomic mass is 9.81. The molecule has 5 rings (SSSR count). The molecule has 184 valence electrons. The third-order valence-corrected chi connectivity index (χ3v) is 6.61. The summed E-state index contributed by atoms with van der Waals surface area (Å²) in [5.74, 6) is 0.338. The summed E-state index contributed by atoms with van der Waals surface area (Å²) in [7, 11) is 0. The zero-order chi connectivity index (χ0) is 25.1. The molecule has 0 fully saturated rings. The number of nitrogens with zero attached hydrogens (tertiary/aromatic N) is 2. The Kier molecular flexibility index (Phi) is 6.57. The van der Waals surface area contributed by atoms with E-state index in [0.29, 0.717) is 36.7 Å². The first-order valence-electron chi connectivity index (χ1n) is 12.1. The predicted molar refractivity (Wildman–Crippen MR) is 135 cm³/mol. The van der Waals surface area contributed by atoms with E-state index in [1.165, 1.54) is 11.8 Å². The minimum Gasteiger partial charge on any atom is -0.494 e. The van der Waals surface area contributed by atoms with Gasteiger partial charge in [0.2, 0.25) is 11.8 Å². The highest BCUT2D eigenvalue weighted by Crippen LogP contribution is 2.46. The number of imide groups is 1. The quantitative estimate of drug-likeness (QED) is 0.515. The molecule has 0 unspecified atom stereocenters. The maximum atomic E-state index is 14.1. The van der Waals surface area contributed by atoms with Gasteiger partial charge in [-0.1, -0.05) is 54.6 Å². The third-order valence-electron chi connectivity index (χ3n) is 6.61. The lowest BCUT2D eigenvalue weighted by Gasteiger charge is -2.31. The van der Waals surface area contributed by atoms with Crippen LogP contribution in [0.25, 0.3) is 0 Å². The standard InChI is InChI=1S/C29H28N2O5/c1-20(33)31-19-23-10-5-6-11-25(23)26-29(28(31)34,18-21-8-3-2-4-9-21)30-27(36-26)22-12-14-24(15-13-22)35-17-7-16-32/h2-6,8-15,26,32H,7,16-19H2,1H3/t26-,29-/m1/s1. The second kappa shape index (κ2) is 9.95. The van der Waals surface area contributed by atoms with Crippen LogP contribution in [0.5, 0.6) is 5.75 Å². The molecule has 0 aliphatic carbocycles. The number of aliphatic hydroxyl groups is 1. The number of carbonyl (C=O) groups is 2. The number of amides is 2. The van der Waals surface area contributed by atoms with E-state index >= 15 is 0 Å². The highest BCUT2D eigenvalue weighted by Gasteiger charge is 2.57. The monoisotopic (exact) mass is 484 g/mol. The van der Waals surface area contributed by atoms with Crippen LogP contribution in [0.15, 0.2) is 83.9 Å². The molecule has 2 aliphatic heterocycles. The summed E-state index contributed by atoms with van der Waals surface area (Å²) in [5.41, 5.74) is 2.04. The van der Waals surface area contributed by atoms with Gasteiger partial charge in [-0.15, -0.1) is 0 Å². The second-order valence-electron chi connectivity index (χ2n) is 9.06. The van der Waals surface area contributed by atoms with Gasteiger partial charge in [0.1, 0.15) is 5.75 Å². The molecule has 2 heterocycles. The molecule has 0 bridgehead atoms. The van der Waals surface area contributed by atoms with E-state index in [1.807, 2.05) is 78.9 Å². The SMILES string of the molecule is CC(=O)N1Cc2ccccc2[C@H]2OC(c3ccc(OCCCO)cc3)=N[C@@]2(Cc2ccccc2)C1=O. The fraction of sp³-hybridized carbons (Fsp3) is 0.276. The predicted octanol–water partition coefficient (Wildman–Crippen LogP) is 3.84. The molecule has 2 atom stereocenters. The maximum Gasteiger partial charge on any atom is 0.262 e. The van der Waals surface area contributed by atoms with Crippen molar-refractivity contribution in [3.05, 3.63) is 101 Å². The normalized spacial score (nSPS) is 20.6. The summed E-state index contributed by atoms with van der Waals surface area (Å²) in [6.07, 6.45) is 0.165. The van der Waals surface area contributed by atoms with E-state index in [1.54, 1.807) is 0 Å². The topological polar surface area (TPSA) is 88.4 Å². The Morgan fingerprint density at radius 2 is 1.81 bits per heavy atom.